The highest BCUT2D eigenvalue weighted by Crippen LogP contribution is 2.32. The predicted octanol–water partition coefficient (Wildman–Crippen LogP) is 4.70. The molecule has 0 spiro atoms. The van der Waals surface area contributed by atoms with Crippen molar-refractivity contribution in [3.8, 4) is 0 Å². The molecule has 2 aromatic carbocycles. The van der Waals surface area contributed by atoms with E-state index in [9.17, 15) is 9.50 Å². The zero-order chi connectivity index (χ0) is 20.8. The van der Waals surface area contributed by atoms with Crippen molar-refractivity contribution in [1.82, 2.24) is 9.97 Å². The van der Waals surface area contributed by atoms with Gasteiger partial charge in [-0.3, -0.25) is 5.41 Å². The van der Waals surface area contributed by atoms with Crippen LogP contribution in [0.1, 0.15) is 25.6 Å². The van der Waals surface area contributed by atoms with E-state index in [-0.39, 0.29) is 24.0 Å². The first-order valence-electron chi connectivity index (χ1n) is 10.3. The lowest BCUT2D eigenvalue weighted by Crippen LogP contribution is -2.32. The van der Waals surface area contributed by atoms with E-state index >= 15 is 0 Å². The van der Waals surface area contributed by atoms with Crippen LogP contribution >= 0.6 is 0 Å². The highest BCUT2D eigenvalue weighted by atomic mass is 19.1. The number of aromatic nitrogens is 2. The molecule has 2 aliphatic heterocycles. The first-order chi connectivity index (χ1) is 14.5. The maximum absolute atomic E-state index is 13.5. The van der Waals surface area contributed by atoms with Crippen molar-refractivity contribution in [3.05, 3.63) is 59.9 Å². The molecule has 2 aliphatic rings. The molecule has 3 aromatic rings. The van der Waals surface area contributed by atoms with Gasteiger partial charge in [-0.15, -0.1) is 0 Å². The number of anilines is 2. The summed E-state index contributed by atoms with van der Waals surface area (Å²) in [5, 5.41) is 19.2. The van der Waals surface area contributed by atoms with Crippen LogP contribution in [-0.4, -0.2) is 40.5 Å². The minimum atomic E-state index is -0.359. The molecular formula is C23H24FN5O. The van der Waals surface area contributed by atoms with Gasteiger partial charge in [-0.2, -0.15) is 0 Å². The number of amidine groups is 1. The van der Waals surface area contributed by atoms with Crippen LogP contribution in [0, 0.1) is 17.1 Å². The molecule has 3 N–H and O–H groups in total. The number of aliphatic hydroxyl groups excluding tert-OH is 1. The lowest BCUT2D eigenvalue weighted by Gasteiger charge is -2.32. The third kappa shape index (κ3) is 3.20. The lowest BCUT2D eigenvalue weighted by atomic mass is 9.99. The first kappa shape index (κ1) is 18.7. The number of imidazole rings is 1. The summed E-state index contributed by atoms with van der Waals surface area (Å²) in [6, 6.07) is 12.4. The van der Waals surface area contributed by atoms with Gasteiger partial charge in [0.1, 0.15) is 23.2 Å². The van der Waals surface area contributed by atoms with Gasteiger partial charge in [0, 0.05) is 24.5 Å². The SMILES string of the molecule is CC1CCN(c2ccc(N3CC(O)=C(c4nc5ccc(F)cc5[nH]4)C3=N)cc2)CC1. The van der Waals surface area contributed by atoms with E-state index in [2.05, 4.69) is 33.9 Å². The number of aliphatic hydroxyl groups is 1. The van der Waals surface area contributed by atoms with Crippen molar-refractivity contribution in [1.29, 1.82) is 5.41 Å². The molecule has 1 saturated heterocycles. The monoisotopic (exact) mass is 405 g/mol. The highest BCUT2D eigenvalue weighted by Gasteiger charge is 2.31. The van der Waals surface area contributed by atoms with Gasteiger partial charge in [-0.05, 0) is 61.2 Å². The Hall–Kier alpha value is -3.35. The smallest absolute Gasteiger partial charge is 0.145 e. The normalized spacial score (nSPS) is 18.1. The second-order valence-electron chi connectivity index (χ2n) is 8.19. The van der Waals surface area contributed by atoms with Gasteiger partial charge in [-0.25, -0.2) is 9.37 Å². The van der Waals surface area contributed by atoms with E-state index in [1.807, 2.05) is 12.1 Å². The molecule has 0 aliphatic carbocycles. The number of hydrogen-bond donors (Lipinski definition) is 3. The van der Waals surface area contributed by atoms with Crippen molar-refractivity contribution in [2.75, 3.05) is 29.4 Å². The van der Waals surface area contributed by atoms with E-state index in [4.69, 9.17) is 5.41 Å². The molecular weight excluding hydrogens is 381 g/mol. The molecule has 30 heavy (non-hydrogen) atoms. The van der Waals surface area contributed by atoms with E-state index in [1.165, 1.54) is 30.7 Å². The quantitative estimate of drug-likeness (QED) is 0.590. The Kier molecular flexibility index (Phi) is 4.46. The molecule has 7 heteroatoms. The van der Waals surface area contributed by atoms with Crippen LogP contribution in [0.3, 0.4) is 0 Å². The maximum Gasteiger partial charge on any atom is 0.145 e. The van der Waals surface area contributed by atoms with Crippen LogP contribution < -0.4 is 9.80 Å². The van der Waals surface area contributed by atoms with Gasteiger partial charge < -0.3 is 19.9 Å². The Morgan fingerprint density at radius 3 is 2.53 bits per heavy atom. The predicted molar refractivity (Wildman–Crippen MR) is 118 cm³/mol. The van der Waals surface area contributed by atoms with E-state index < -0.39 is 0 Å². The summed E-state index contributed by atoms with van der Waals surface area (Å²) in [4.78, 5) is 11.6. The average Bonchev–Trinajstić information content (AvgIpc) is 3.28. The number of halogens is 1. The number of nitrogens with one attached hydrogen (secondary N) is 2. The van der Waals surface area contributed by atoms with E-state index in [1.54, 1.807) is 11.0 Å². The van der Waals surface area contributed by atoms with Gasteiger partial charge in [0.2, 0.25) is 0 Å². The van der Waals surface area contributed by atoms with E-state index in [0.29, 0.717) is 22.4 Å². The molecule has 1 fully saturated rings. The number of rotatable bonds is 3. The molecule has 0 saturated carbocycles. The zero-order valence-corrected chi connectivity index (χ0v) is 16.8. The van der Waals surface area contributed by atoms with Gasteiger partial charge in [0.05, 0.1) is 23.2 Å². The number of H-pyrrole nitrogens is 1. The fourth-order valence-electron chi connectivity index (χ4n) is 4.26. The minimum absolute atomic E-state index is 0.0774. The molecule has 154 valence electrons. The van der Waals surface area contributed by atoms with Crippen molar-refractivity contribution in [3.63, 3.8) is 0 Å². The Labute approximate surface area is 174 Å². The molecule has 0 unspecified atom stereocenters. The lowest BCUT2D eigenvalue weighted by molar-refractivity contribution is 0.411. The summed E-state index contributed by atoms with van der Waals surface area (Å²) < 4.78 is 13.5. The Bertz CT molecular complexity index is 1140. The van der Waals surface area contributed by atoms with E-state index in [0.717, 1.165) is 24.7 Å². The largest absolute Gasteiger partial charge is 0.509 e. The zero-order valence-electron chi connectivity index (χ0n) is 16.8. The number of benzene rings is 2. The van der Waals surface area contributed by atoms with Gasteiger partial charge >= 0.3 is 0 Å². The van der Waals surface area contributed by atoms with Crippen LogP contribution in [0.2, 0.25) is 0 Å². The van der Waals surface area contributed by atoms with Gasteiger partial charge in [0.25, 0.3) is 0 Å². The third-order valence-electron chi connectivity index (χ3n) is 6.09. The van der Waals surface area contributed by atoms with Crippen LogP contribution in [0.25, 0.3) is 16.6 Å². The average molecular weight is 405 g/mol. The molecule has 0 radical (unpaired) electrons. The maximum atomic E-state index is 13.5. The molecule has 0 amide bonds. The fourth-order valence-corrected chi connectivity index (χ4v) is 4.26. The molecule has 0 atom stereocenters. The molecule has 5 rings (SSSR count). The van der Waals surface area contributed by atoms with Crippen LogP contribution in [0.4, 0.5) is 15.8 Å². The standard InChI is InChI=1S/C23H24FN5O/c1-14-8-10-28(11-9-14)16-3-5-17(6-4-16)29-13-20(30)21(22(29)25)23-26-18-7-2-15(24)12-19(18)27-23/h2-7,12,14,25,30H,8-11,13H2,1H3,(H,26,27). The number of fused-ring (bicyclic) bond motifs is 1. The minimum Gasteiger partial charge on any atom is -0.509 e. The summed E-state index contributed by atoms with van der Waals surface area (Å²) in [5.41, 5.74) is 3.52. The summed E-state index contributed by atoms with van der Waals surface area (Å²) in [6.07, 6.45) is 2.42. The Morgan fingerprint density at radius 2 is 1.80 bits per heavy atom. The number of nitrogens with zero attached hydrogens (tertiary/aromatic N) is 3. The fraction of sp³-hybridized carbons (Fsp3) is 0.304. The van der Waals surface area contributed by atoms with Crippen molar-refractivity contribution in [2.24, 2.45) is 5.92 Å². The van der Waals surface area contributed by atoms with Gasteiger partial charge in [0.15, 0.2) is 0 Å². The van der Waals surface area contributed by atoms with Crippen molar-refractivity contribution in [2.45, 2.75) is 19.8 Å². The third-order valence-corrected chi connectivity index (χ3v) is 6.09. The molecule has 0 bridgehead atoms. The summed E-state index contributed by atoms with van der Waals surface area (Å²) in [5.74, 6) is 1.05. The topological polar surface area (TPSA) is 79.2 Å². The summed E-state index contributed by atoms with van der Waals surface area (Å²) in [7, 11) is 0. The van der Waals surface area contributed by atoms with Gasteiger partial charge in [-0.1, -0.05) is 6.92 Å². The Balaban J connectivity index is 1.37. The number of piperidine rings is 1. The van der Waals surface area contributed by atoms with Crippen molar-refractivity contribution >= 4 is 33.8 Å². The molecule has 1 aromatic heterocycles. The molecule has 6 nitrogen and oxygen atoms in total. The summed E-state index contributed by atoms with van der Waals surface area (Å²) in [6.45, 7) is 4.65. The molecule has 3 heterocycles. The summed E-state index contributed by atoms with van der Waals surface area (Å²) >= 11 is 0. The second-order valence-corrected chi connectivity index (χ2v) is 8.19. The highest BCUT2D eigenvalue weighted by molar-refractivity contribution is 6.30. The van der Waals surface area contributed by atoms with Crippen LogP contribution in [0.15, 0.2) is 48.2 Å². The number of aromatic amines is 1. The Morgan fingerprint density at radius 1 is 1.10 bits per heavy atom. The van der Waals surface area contributed by atoms with Crippen molar-refractivity contribution < 1.29 is 9.50 Å². The first-order valence-corrected chi connectivity index (χ1v) is 10.3. The van der Waals surface area contributed by atoms with Crippen LogP contribution in [0.5, 0.6) is 0 Å². The second kappa shape index (κ2) is 7.16. The number of hydrogen-bond acceptors (Lipinski definition) is 4. The van der Waals surface area contributed by atoms with Crippen LogP contribution in [-0.2, 0) is 0 Å².